The van der Waals surface area contributed by atoms with Crippen molar-refractivity contribution >= 4 is 5.96 Å². The van der Waals surface area contributed by atoms with E-state index in [1.54, 1.807) is 0 Å². The molecule has 1 aromatic carbocycles. The fourth-order valence-corrected chi connectivity index (χ4v) is 3.51. The maximum absolute atomic E-state index is 5.71. The van der Waals surface area contributed by atoms with Gasteiger partial charge in [-0.05, 0) is 43.2 Å². The zero-order valence-corrected chi connectivity index (χ0v) is 13.6. The van der Waals surface area contributed by atoms with Crippen LogP contribution in [0.4, 0.5) is 0 Å². The molecule has 1 heterocycles. The van der Waals surface area contributed by atoms with Gasteiger partial charge in [0, 0.05) is 26.7 Å². The van der Waals surface area contributed by atoms with Crippen LogP contribution in [-0.2, 0) is 0 Å². The number of benzene rings is 1. The van der Waals surface area contributed by atoms with E-state index in [0.717, 1.165) is 37.8 Å². The molecule has 22 heavy (non-hydrogen) atoms. The van der Waals surface area contributed by atoms with Gasteiger partial charge in [-0.1, -0.05) is 24.6 Å². The van der Waals surface area contributed by atoms with Gasteiger partial charge in [0.2, 0.25) is 0 Å². The lowest BCUT2D eigenvalue weighted by atomic mass is 9.68. The number of nitrogens with zero attached hydrogens (tertiary/aromatic N) is 2. The van der Waals surface area contributed by atoms with Crippen LogP contribution in [0.1, 0.15) is 32.1 Å². The highest BCUT2D eigenvalue weighted by Crippen LogP contribution is 2.47. The average Bonchev–Trinajstić information content (AvgIpc) is 2.97. The molecule has 1 saturated heterocycles. The Labute approximate surface area is 133 Å². The number of hydrogen-bond acceptors (Lipinski definition) is 2. The number of likely N-dealkylation sites (tertiary alicyclic amines) is 1. The molecule has 0 unspecified atom stereocenters. The van der Waals surface area contributed by atoms with E-state index in [1.165, 1.54) is 32.2 Å². The van der Waals surface area contributed by atoms with Gasteiger partial charge in [0.15, 0.2) is 5.96 Å². The lowest BCUT2D eigenvalue weighted by Gasteiger charge is -2.38. The van der Waals surface area contributed by atoms with Crippen molar-refractivity contribution in [3.05, 3.63) is 30.3 Å². The Bertz CT molecular complexity index is 496. The smallest absolute Gasteiger partial charge is 0.193 e. The summed E-state index contributed by atoms with van der Waals surface area (Å²) in [7, 11) is 1.88. The SMILES string of the molecule is CN=C(NCCCOc1ccccc1)N1CCC2(CCC2)C1. The third-order valence-corrected chi connectivity index (χ3v) is 4.98. The third-order valence-electron chi connectivity index (χ3n) is 4.98. The molecule has 1 saturated carbocycles. The zero-order chi connectivity index (χ0) is 15.3. The first-order chi connectivity index (χ1) is 10.8. The van der Waals surface area contributed by atoms with Gasteiger partial charge in [-0.15, -0.1) is 0 Å². The fraction of sp³-hybridized carbons (Fsp3) is 0.611. The van der Waals surface area contributed by atoms with Crippen molar-refractivity contribution in [1.29, 1.82) is 0 Å². The van der Waals surface area contributed by atoms with Crippen LogP contribution in [0.2, 0.25) is 0 Å². The molecule has 0 radical (unpaired) electrons. The fourth-order valence-electron chi connectivity index (χ4n) is 3.51. The average molecular weight is 301 g/mol. The molecule has 3 rings (SSSR count). The molecule has 0 atom stereocenters. The van der Waals surface area contributed by atoms with E-state index in [4.69, 9.17) is 4.74 Å². The highest BCUT2D eigenvalue weighted by Gasteiger charge is 2.43. The largest absolute Gasteiger partial charge is 0.494 e. The Kier molecular flexibility index (Phi) is 4.86. The predicted octanol–water partition coefficient (Wildman–Crippen LogP) is 2.91. The first-order valence-corrected chi connectivity index (χ1v) is 8.45. The van der Waals surface area contributed by atoms with Crippen molar-refractivity contribution in [3.8, 4) is 5.75 Å². The normalized spacial score (nSPS) is 20.0. The molecule has 1 aromatic rings. The second-order valence-electron chi connectivity index (χ2n) is 6.51. The number of aliphatic imine (C=N–C) groups is 1. The molecule has 1 aliphatic carbocycles. The molecule has 2 aliphatic rings. The summed E-state index contributed by atoms with van der Waals surface area (Å²) in [5.74, 6) is 2.00. The van der Waals surface area contributed by atoms with Crippen LogP contribution in [0.5, 0.6) is 5.75 Å². The quantitative estimate of drug-likeness (QED) is 0.516. The second-order valence-corrected chi connectivity index (χ2v) is 6.51. The number of hydrogen-bond donors (Lipinski definition) is 1. The Morgan fingerprint density at radius 3 is 2.73 bits per heavy atom. The number of ether oxygens (including phenoxy) is 1. The summed E-state index contributed by atoms with van der Waals surface area (Å²) in [5.41, 5.74) is 0.619. The topological polar surface area (TPSA) is 36.9 Å². The minimum Gasteiger partial charge on any atom is -0.494 e. The van der Waals surface area contributed by atoms with Gasteiger partial charge < -0.3 is 15.0 Å². The van der Waals surface area contributed by atoms with Crippen molar-refractivity contribution in [3.63, 3.8) is 0 Å². The molecule has 1 aliphatic heterocycles. The summed E-state index contributed by atoms with van der Waals surface area (Å²) in [6, 6.07) is 9.99. The summed E-state index contributed by atoms with van der Waals surface area (Å²) in [6.45, 7) is 3.98. The Morgan fingerprint density at radius 2 is 2.09 bits per heavy atom. The van der Waals surface area contributed by atoms with Crippen LogP contribution in [0.15, 0.2) is 35.3 Å². The van der Waals surface area contributed by atoms with Crippen molar-refractivity contribution in [2.45, 2.75) is 32.1 Å². The van der Waals surface area contributed by atoms with Crippen LogP contribution in [0.25, 0.3) is 0 Å². The van der Waals surface area contributed by atoms with E-state index >= 15 is 0 Å². The molecule has 0 aromatic heterocycles. The Hall–Kier alpha value is -1.71. The summed E-state index contributed by atoms with van der Waals surface area (Å²) in [5, 5.41) is 3.48. The number of rotatable bonds is 5. The van der Waals surface area contributed by atoms with Gasteiger partial charge in [-0.2, -0.15) is 0 Å². The van der Waals surface area contributed by atoms with E-state index in [2.05, 4.69) is 15.2 Å². The lowest BCUT2D eigenvalue weighted by molar-refractivity contribution is 0.151. The first-order valence-electron chi connectivity index (χ1n) is 8.45. The van der Waals surface area contributed by atoms with Crippen LogP contribution in [-0.4, -0.2) is 44.1 Å². The van der Waals surface area contributed by atoms with Crippen LogP contribution < -0.4 is 10.1 Å². The van der Waals surface area contributed by atoms with Gasteiger partial charge in [-0.25, -0.2) is 0 Å². The maximum atomic E-state index is 5.71. The Balaban J connectivity index is 1.35. The van der Waals surface area contributed by atoms with E-state index in [0.29, 0.717) is 5.41 Å². The van der Waals surface area contributed by atoms with E-state index in [-0.39, 0.29) is 0 Å². The van der Waals surface area contributed by atoms with Crippen LogP contribution >= 0.6 is 0 Å². The van der Waals surface area contributed by atoms with Gasteiger partial charge in [0.25, 0.3) is 0 Å². The van der Waals surface area contributed by atoms with Crippen molar-refractivity contribution in [2.75, 3.05) is 33.3 Å². The van der Waals surface area contributed by atoms with Crippen molar-refractivity contribution < 1.29 is 4.74 Å². The molecule has 4 heteroatoms. The second kappa shape index (κ2) is 7.03. The third kappa shape index (κ3) is 3.54. The monoisotopic (exact) mass is 301 g/mol. The highest BCUT2D eigenvalue weighted by atomic mass is 16.5. The predicted molar refractivity (Wildman–Crippen MR) is 90.4 cm³/mol. The molecular formula is C18H27N3O. The molecule has 4 nitrogen and oxygen atoms in total. The van der Waals surface area contributed by atoms with Crippen molar-refractivity contribution in [1.82, 2.24) is 10.2 Å². The number of nitrogens with one attached hydrogen (secondary N) is 1. The summed E-state index contributed by atoms with van der Waals surface area (Å²) < 4.78 is 5.71. The van der Waals surface area contributed by atoms with Gasteiger partial charge in [0.05, 0.1) is 6.61 Å². The van der Waals surface area contributed by atoms with E-state index in [1.807, 2.05) is 37.4 Å². The first kappa shape index (κ1) is 15.2. The summed E-state index contributed by atoms with van der Waals surface area (Å²) in [4.78, 5) is 6.87. The van der Waals surface area contributed by atoms with Gasteiger partial charge in [0.1, 0.15) is 5.75 Å². The Morgan fingerprint density at radius 1 is 1.27 bits per heavy atom. The molecule has 2 fully saturated rings. The molecule has 0 bridgehead atoms. The van der Waals surface area contributed by atoms with Crippen LogP contribution in [0, 0.1) is 5.41 Å². The number of para-hydroxylation sites is 1. The molecule has 1 spiro atoms. The molecule has 0 amide bonds. The lowest BCUT2D eigenvalue weighted by Crippen LogP contribution is -2.43. The highest BCUT2D eigenvalue weighted by molar-refractivity contribution is 5.80. The van der Waals surface area contributed by atoms with Gasteiger partial charge >= 0.3 is 0 Å². The van der Waals surface area contributed by atoms with Crippen molar-refractivity contribution in [2.24, 2.45) is 10.4 Å². The molecule has 120 valence electrons. The zero-order valence-electron chi connectivity index (χ0n) is 13.6. The standard InChI is InChI=1S/C18H27N3O/c1-19-17(21-13-11-18(15-21)9-5-10-18)20-12-6-14-22-16-7-3-2-4-8-16/h2-4,7-8H,5-6,9-15H2,1H3,(H,19,20). The number of guanidine groups is 1. The summed E-state index contributed by atoms with van der Waals surface area (Å²) in [6.07, 6.45) is 6.55. The minimum atomic E-state index is 0.619. The minimum absolute atomic E-state index is 0.619. The maximum Gasteiger partial charge on any atom is 0.193 e. The van der Waals surface area contributed by atoms with E-state index < -0.39 is 0 Å². The van der Waals surface area contributed by atoms with E-state index in [9.17, 15) is 0 Å². The molecular weight excluding hydrogens is 274 g/mol. The van der Waals surface area contributed by atoms with Crippen LogP contribution in [0.3, 0.4) is 0 Å². The van der Waals surface area contributed by atoms with Gasteiger partial charge in [-0.3, -0.25) is 4.99 Å². The molecule has 1 N–H and O–H groups in total. The summed E-state index contributed by atoms with van der Waals surface area (Å²) >= 11 is 0.